The van der Waals surface area contributed by atoms with E-state index in [1.807, 2.05) is 6.07 Å². The number of fused-ring (bicyclic) bond motifs is 1. The van der Waals surface area contributed by atoms with Crippen molar-refractivity contribution in [3.8, 4) is 0 Å². The van der Waals surface area contributed by atoms with E-state index in [4.69, 9.17) is 5.73 Å². The van der Waals surface area contributed by atoms with Gasteiger partial charge in [0.25, 0.3) is 0 Å². The van der Waals surface area contributed by atoms with Crippen molar-refractivity contribution in [3.05, 3.63) is 26.6 Å². The van der Waals surface area contributed by atoms with Crippen LogP contribution in [0.25, 0.3) is 10.1 Å². The van der Waals surface area contributed by atoms with Crippen LogP contribution >= 0.6 is 33.9 Å². The molecule has 0 radical (unpaired) electrons. The van der Waals surface area contributed by atoms with Gasteiger partial charge in [-0.2, -0.15) is 0 Å². The largest absolute Gasteiger partial charge is 0.398 e. The highest BCUT2D eigenvalue weighted by atomic mass is 127. The summed E-state index contributed by atoms with van der Waals surface area (Å²) in [6.45, 7) is 2.18. The number of hydrogen-bond donors (Lipinski definition) is 1. The molecule has 1 aromatic heterocycles. The normalized spacial score (nSPS) is 10.9. The second-order valence-corrected chi connectivity index (χ2v) is 4.95. The van der Waals surface area contributed by atoms with Crippen molar-refractivity contribution < 1.29 is 0 Å². The molecule has 3 heteroatoms. The zero-order valence-corrected chi connectivity index (χ0v) is 10.3. The second kappa shape index (κ2) is 3.46. The number of anilines is 1. The summed E-state index contributed by atoms with van der Waals surface area (Å²) in [6.07, 6.45) is 1.08. The fourth-order valence-electron chi connectivity index (χ4n) is 1.43. The number of halogens is 1. The van der Waals surface area contributed by atoms with Crippen molar-refractivity contribution in [3.63, 3.8) is 0 Å². The van der Waals surface area contributed by atoms with Gasteiger partial charge in [-0.25, -0.2) is 0 Å². The number of aryl methyl sites for hydroxylation is 1. The van der Waals surface area contributed by atoms with Crippen LogP contribution in [0.1, 0.15) is 12.5 Å². The summed E-state index contributed by atoms with van der Waals surface area (Å²) in [5.74, 6) is 0. The summed E-state index contributed by atoms with van der Waals surface area (Å²) in [4.78, 5) is 0. The van der Waals surface area contributed by atoms with E-state index >= 15 is 0 Å². The first-order valence-electron chi connectivity index (χ1n) is 4.18. The molecule has 0 bridgehead atoms. The Bertz CT molecular complexity index is 447. The van der Waals surface area contributed by atoms with Crippen molar-refractivity contribution in [1.29, 1.82) is 0 Å². The summed E-state index contributed by atoms with van der Waals surface area (Å²) < 4.78 is 2.55. The number of hydrogen-bond acceptors (Lipinski definition) is 2. The van der Waals surface area contributed by atoms with Crippen LogP contribution in [0, 0.1) is 3.57 Å². The van der Waals surface area contributed by atoms with E-state index < -0.39 is 0 Å². The first-order valence-corrected chi connectivity index (χ1v) is 6.14. The SMILES string of the molecule is CCc1csc2ccc(N)c(I)c12. The average molecular weight is 303 g/mol. The second-order valence-electron chi connectivity index (χ2n) is 2.96. The van der Waals surface area contributed by atoms with Crippen molar-refractivity contribution in [1.82, 2.24) is 0 Å². The Morgan fingerprint density at radius 3 is 2.92 bits per heavy atom. The molecule has 2 aromatic rings. The summed E-state index contributed by atoms with van der Waals surface area (Å²) >= 11 is 4.13. The van der Waals surface area contributed by atoms with Gasteiger partial charge in [-0.1, -0.05) is 6.92 Å². The third kappa shape index (κ3) is 1.44. The lowest BCUT2D eigenvalue weighted by Crippen LogP contribution is -1.89. The first-order chi connectivity index (χ1) is 6.24. The maximum Gasteiger partial charge on any atom is 0.0456 e. The molecule has 1 aromatic carbocycles. The minimum Gasteiger partial charge on any atom is -0.398 e. The van der Waals surface area contributed by atoms with Gasteiger partial charge in [0, 0.05) is 19.3 Å². The molecule has 0 saturated heterocycles. The Morgan fingerprint density at radius 1 is 1.46 bits per heavy atom. The van der Waals surface area contributed by atoms with Crippen LogP contribution in [0.3, 0.4) is 0 Å². The van der Waals surface area contributed by atoms with Crippen LogP contribution in [0.15, 0.2) is 17.5 Å². The van der Waals surface area contributed by atoms with Gasteiger partial charge in [0.1, 0.15) is 0 Å². The standard InChI is InChI=1S/C10H10INS/c1-2-6-5-13-8-4-3-7(12)10(11)9(6)8/h3-5H,2,12H2,1H3. The predicted octanol–water partition coefficient (Wildman–Crippen LogP) is 3.65. The van der Waals surface area contributed by atoms with Crippen molar-refractivity contribution in [2.24, 2.45) is 0 Å². The number of nitrogen functional groups attached to an aromatic ring is 1. The van der Waals surface area contributed by atoms with Gasteiger partial charge < -0.3 is 5.73 Å². The summed E-state index contributed by atoms with van der Waals surface area (Å²) in [6, 6.07) is 4.09. The average Bonchev–Trinajstić information content (AvgIpc) is 2.55. The molecule has 68 valence electrons. The molecular weight excluding hydrogens is 293 g/mol. The summed E-state index contributed by atoms with van der Waals surface area (Å²) in [7, 11) is 0. The van der Waals surface area contributed by atoms with E-state index in [-0.39, 0.29) is 0 Å². The fourth-order valence-corrected chi connectivity index (χ4v) is 3.48. The molecule has 0 saturated carbocycles. The molecule has 0 aliphatic carbocycles. The van der Waals surface area contributed by atoms with Crippen molar-refractivity contribution >= 4 is 49.7 Å². The molecule has 0 aliphatic heterocycles. The topological polar surface area (TPSA) is 26.0 Å². The zero-order chi connectivity index (χ0) is 9.42. The Balaban J connectivity index is 2.85. The minimum absolute atomic E-state index is 0.890. The first kappa shape index (κ1) is 9.27. The van der Waals surface area contributed by atoms with Crippen molar-refractivity contribution in [2.75, 3.05) is 5.73 Å². The fraction of sp³-hybridized carbons (Fsp3) is 0.200. The maximum absolute atomic E-state index is 5.87. The molecule has 13 heavy (non-hydrogen) atoms. The van der Waals surface area contributed by atoms with Gasteiger partial charge in [-0.05, 0) is 52.1 Å². The van der Waals surface area contributed by atoms with Crippen LogP contribution in [0.4, 0.5) is 5.69 Å². The van der Waals surface area contributed by atoms with Gasteiger partial charge in [0.2, 0.25) is 0 Å². The molecule has 2 rings (SSSR count). The van der Waals surface area contributed by atoms with E-state index in [9.17, 15) is 0 Å². The third-order valence-corrected chi connectivity index (χ3v) is 4.32. The number of benzene rings is 1. The Hall–Kier alpha value is -0.290. The molecule has 0 unspecified atom stereocenters. The van der Waals surface area contributed by atoms with Gasteiger partial charge in [0.15, 0.2) is 0 Å². The molecule has 1 nitrogen and oxygen atoms in total. The van der Waals surface area contributed by atoms with E-state index in [0.717, 1.165) is 12.1 Å². The molecule has 0 aliphatic rings. The lowest BCUT2D eigenvalue weighted by Gasteiger charge is -2.01. The number of rotatable bonds is 1. The van der Waals surface area contributed by atoms with Crippen LogP contribution in [0.5, 0.6) is 0 Å². The van der Waals surface area contributed by atoms with Gasteiger partial charge >= 0.3 is 0 Å². The lowest BCUT2D eigenvalue weighted by atomic mass is 10.1. The van der Waals surface area contributed by atoms with E-state index in [1.54, 1.807) is 11.3 Å². The summed E-state index contributed by atoms with van der Waals surface area (Å²) in [5, 5.41) is 3.58. The maximum atomic E-state index is 5.87. The molecule has 1 heterocycles. The number of thiophene rings is 1. The Labute approximate surface area is 95.1 Å². The molecule has 0 amide bonds. The van der Waals surface area contributed by atoms with Crippen LogP contribution in [0.2, 0.25) is 0 Å². The third-order valence-electron chi connectivity index (χ3n) is 2.16. The van der Waals surface area contributed by atoms with E-state index in [1.165, 1.54) is 19.2 Å². The highest BCUT2D eigenvalue weighted by molar-refractivity contribution is 14.1. The molecule has 0 fully saturated rings. The van der Waals surface area contributed by atoms with E-state index in [2.05, 4.69) is 41.0 Å². The smallest absolute Gasteiger partial charge is 0.0456 e. The minimum atomic E-state index is 0.890. The van der Waals surface area contributed by atoms with E-state index in [0.29, 0.717) is 0 Å². The van der Waals surface area contributed by atoms with Gasteiger partial charge in [-0.3, -0.25) is 0 Å². The summed E-state index contributed by atoms with van der Waals surface area (Å²) in [5.41, 5.74) is 8.17. The highest BCUT2D eigenvalue weighted by Gasteiger charge is 2.07. The highest BCUT2D eigenvalue weighted by Crippen LogP contribution is 2.33. The molecule has 2 N–H and O–H groups in total. The monoisotopic (exact) mass is 303 g/mol. The Morgan fingerprint density at radius 2 is 2.23 bits per heavy atom. The van der Waals surface area contributed by atoms with Crippen molar-refractivity contribution in [2.45, 2.75) is 13.3 Å². The van der Waals surface area contributed by atoms with Crippen LogP contribution < -0.4 is 5.73 Å². The molecule has 0 spiro atoms. The predicted molar refractivity (Wildman–Crippen MR) is 68.3 cm³/mol. The molecular formula is C10H10INS. The van der Waals surface area contributed by atoms with Crippen LogP contribution in [-0.4, -0.2) is 0 Å². The lowest BCUT2D eigenvalue weighted by molar-refractivity contribution is 1.17. The quantitative estimate of drug-likeness (QED) is 0.631. The zero-order valence-electron chi connectivity index (χ0n) is 7.30. The van der Waals surface area contributed by atoms with Gasteiger partial charge in [-0.15, -0.1) is 11.3 Å². The molecule has 0 atom stereocenters. The Kier molecular flexibility index (Phi) is 2.47. The number of nitrogens with two attached hydrogens (primary N) is 1. The van der Waals surface area contributed by atoms with Crippen LogP contribution in [-0.2, 0) is 6.42 Å². The van der Waals surface area contributed by atoms with Gasteiger partial charge in [0.05, 0.1) is 0 Å².